The number of halogens is 3. The number of aromatic nitrogens is 4. The van der Waals surface area contributed by atoms with Gasteiger partial charge in [0.2, 0.25) is 11.6 Å². The summed E-state index contributed by atoms with van der Waals surface area (Å²) < 4.78 is 43.6. The van der Waals surface area contributed by atoms with Crippen LogP contribution >= 0.6 is 0 Å². The van der Waals surface area contributed by atoms with E-state index < -0.39 is 11.7 Å². The molecule has 0 saturated heterocycles. The second-order valence-electron chi connectivity index (χ2n) is 3.50. The molecule has 19 heavy (non-hydrogen) atoms. The molecule has 0 fully saturated rings. The van der Waals surface area contributed by atoms with Crippen molar-refractivity contribution >= 4 is 5.82 Å². The first kappa shape index (κ1) is 13.1. The van der Waals surface area contributed by atoms with E-state index in [-0.39, 0.29) is 11.6 Å². The number of hydrogen-bond acceptors (Lipinski definition) is 5. The van der Waals surface area contributed by atoms with Gasteiger partial charge in [0.25, 0.3) is 0 Å². The Hall–Kier alpha value is -2.32. The average molecular weight is 273 g/mol. The molecule has 1 N–H and O–H groups in total. The largest absolute Gasteiger partial charge is 0.490 e. The molecule has 0 spiro atoms. The zero-order valence-electron chi connectivity index (χ0n) is 10.1. The summed E-state index contributed by atoms with van der Waals surface area (Å²) in [5.41, 5.74) is -0.862. The van der Waals surface area contributed by atoms with Gasteiger partial charge in [-0.15, -0.1) is 0 Å². The van der Waals surface area contributed by atoms with Crippen LogP contribution in [0.15, 0.2) is 18.7 Å². The molecule has 0 radical (unpaired) electrons. The van der Waals surface area contributed by atoms with Crippen molar-refractivity contribution in [3.8, 4) is 11.6 Å². The first-order valence-electron chi connectivity index (χ1n) is 5.16. The lowest BCUT2D eigenvalue weighted by atomic mass is 10.3. The number of hydrogen-bond donors (Lipinski definition) is 1. The summed E-state index contributed by atoms with van der Waals surface area (Å²) in [7, 11) is 2.98. The molecule has 0 aromatic carbocycles. The van der Waals surface area contributed by atoms with E-state index in [1.54, 1.807) is 7.05 Å². The number of anilines is 1. The zero-order chi connectivity index (χ0) is 14.0. The van der Waals surface area contributed by atoms with Gasteiger partial charge in [-0.2, -0.15) is 18.3 Å². The van der Waals surface area contributed by atoms with Gasteiger partial charge in [0.1, 0.15) is 6.33 Å². The molecular formula is C10H10F3N5O. The maximum atomic E-state index is 12.5. The van der Waals surface area contributed by atoms with Gasteiger partial charge in [0.15, 0.2) is 5.82 Å². The molecule has 0 amide bonds. The Morgan fingerprint density at radius 2 is 2.05 bits per heavy atom. The van der Waals surface area contributed by atoms with Gasteiger partial charge in [-0.25, -0.2) is 14.6 Å². The maximum Gasteiger partial charge on any atom is 0.419 e. The fraction of sp³-hybridized carbons (Fsp3) is 0.300. The molecule has 2 heterocycles. The number of rotatable bonds is 3. The van der Waals surface area contributed by atoms with Crippen LogP contribution in [-0.4, -0.2) is 33.9 Å². The van der Waals surface area contributed by atoms with Gasteiger partial charge in [0.05, 0.1) is 18.9 Å². The number of nitrogens with zero attached hydrogens (tertiary/aromatic N) is 4. The maximum absolute atomic E-state index is 12.5. The quantitative estimate of drug-likeness (QED) is 0.922. The van der Waals surface area contributed by atoms with Crippen LogP contribution in [0.4, 0.5) is 19.0 Å². The molecule has 0 atom stereocenters. The van der Waals surface area contributed by atoms with Gasteiger partial charge in [-0.3, -0.25) is 0 Å². The normalized spacial score (nSPS) is 11.4. The summed E-state index contributed by atoms with van der Waals surface area (Å²) in [4.78, 5) is 7.78. The number of nitrogens with one attached hydrogen (secondary N) is 1. The fourth-order valence-corrected chi connectivity index (χ4v) is 1.48. The van der Waals surface area contributed by atoms with Crippen LogP contribution in [0.2, 0.25) is 0 Å². The third kappa shape index (κ3) is 2.44. The molecule has 102 valence electrons. The van der Waals surface area contributed by atoms with E-state index in [2.05, 4.69) is 20.4 Å². The molecule has 2 rings (SSSR count). The van der Waals surface area contributed by atoms with Crippen molar-refractivity contribution in [2.75, 3.05) is 19.5 Å². The van der Waals surface area contributed by atoms with Crippen molar-refractivity contribution in [1.29, 1.82) is 0 Å². The summed E-state index contributed by atoms with van der Waals surface area (Å²) in [6.45, 7) is 0. The first-order chi connectivity index (χ1) is 8.97. The molecular weight excluding hydrogens is 263 g/mol. The van der Waals surface area contributed by atoms with Gasteiger partial charge in [-0.05, 0) is 0 Å². The summed E-state index contributed by atoms with van der Waals surface area (Å²) in [5, 5.41) is 6.39. The van der Waals surface area contributed by atoms with E-state index >= 15 is 0 Å². The third-order valence-corrected chi connectivity index (χ3v) is 2.35. The van der Waals surface area contributed by atoms with Crippen molar-refractivity contribution in [2.24, 2.45) is 0 Å². The molecule has 9 heteroatoms. The average Bonchev–Trinajstić information content (AvgIpc) is 2.86. The SMILES string of the molecule is CNc1ncnc(-n2cc(C(F)(F)F)cn2)c1OC. The van der Waals surface area contributed by atoms with Crippen LogP contribution < -0.4 is 10.1 Å². The summed E-state index contributed by atoms with van der Waals surface area (Å²) in [6.07, 6.45) is -1.69. The van der Waals surface area contributed by atoms with E-state index in [0.29, 0.717) is 5.82 Å². The molecule has 2 aromatic rings. The lowest BCUT2D eigenvalue weighted by molar-refractivity contribution is -0.137. The van der Waals surface area contributed by atoms with Crippen molar-refractivity contribution in [3.63, 3.8) is 0 Å². The van der Waals surface area contributed by atoms with Crippen LogP contribution in [-0.2, 0) is 6.18 Å². The predicted molar refractivity (Wildman–Crippen MR) is 60.3 cm³/mol. The second-order valence-corrected chi connectivity index (χ2v) is 3.50. The van der Waals surface area contributed by atoms with E-state index in [0.717, 1.165) is 17.1 Å². The Bertz CT molecular complexity index is 581. The van der Waals surface area contributed by atoms with E-state index in [1.807, 2.05) is 0 Å². The topological polar surface area (TPSA) is 64.9 Å². The van der Waals surface area contributed by atoms with E-state index in [4.69, 9.17) is 4.74 Å². The molecule has 0 aliphatic carbocycles. The lowest BCUT2D eigenvalue weighted by Crippen LogP contribution is -2.06. The van der Waals surface area contributed by atoms with Gasteiger partial charge in [-0.1, -0.05) is 0 Å². The van der Waals surface area contributed by atoms with Crippen LogP contribution in [0.3, 0.4) is 0 Å². The predicted octanol–water partition coefficient (Wildman–Crippen LogP) is 1.73. The zero-order valence-corrected chi connectivity index (χ0v) is 10.1. The Morgan fingerprint density at radius 1 is 1.32 bits per heavy atom. The Morgan fingerprint density at radius 3 is 2.58 bits per heavy atom. The van der Waals surface area contributed by atoms with Gasteiger partial charge < -0.3 is 10.1 Å². The van der Waals surface area contributed by atoms with Crippen LogP contribution in [0.1, 0.15) is 5.56 Å². The minimum absolute atomic E-state index is 0.123. The number of methoxy groups -OCH3 is 1. The minimum Gasteiger partial charge on any atom is -0.490 e. The van der Waals surface area contributed by atoms with E-state index in [1.165, 1.54) is 13.4 Å². The third-order valence-electron chi connectivity index (χ3n) is 2.35. The first-order valence-corrected chi connectivity index (χ1v) is 5.16. The van der Waals surface area contributed by atoms with Crippen molar-refractivity contribution in [1.82, 2.24) is 19.7 Å². The minimum atomic E-state index is -4.45. The van der Waals surface area contributed by atoms with Gasteiger partial charge >= 0.3 is 6.18 Å². The Balaban J connectivity index is 2.50. The smallest absolute Gasteiger partial charge is 0.419 e. The van der Waals surface area contributed by atoms with Gasteiger partial charge in [0, 0.05) is 13.2 Å². The highest BCUT2D eigenvalue weighted by molar-refractivity contribution is 5.57. The van der Waals surface area contributed by atoms with Crippen LogP contribution in [0.5, 0.6) is 5.75 Å². The molecule has 0 bridgehead atoms. The summed E-state index contributed by atoms with van der Waals surface area (Å²) >= 11 is 0. The summed E-state index contributed by atoms with van der Waals surface area (Å²) in [5.74, 6) is 0.690. The monoisotopic (exact) mass is 273 g/mol. The van der Waals surface area contributed by atoms with Crippen molar-refractivity contribution < 1.29 is 17.9 Å². The second kappa shape index (κ2) is 4.75. The number of alkyl halides is 3. The standard InChI is InChI=1S/C10H10F3N5O/c1-14-8-7(19-2)9(16-5-15-8)18-4-6(3-17-18)10(11,12)13/h3-5H,1-2H3,(H,14,15,16). The highest BCUT2D eigenvalue weighted by Gasteiger charge is 2.32. The van der Waals surface area contributed by atoms with Crippen molar-refractivity contribution in [3.05, 3.63) is 24.3 Å². The Labute approximate surface area is 106 Å². The molecule has 0 aliphatic heterocycles. The molecule has 6 nitrogen and oxygen atoms in total. The van der Waals surface area contributed by atoms with Crippen LogP contribution in [0, 0.1) is 0 Å². The molecule has 0 aliphatic rings. The fourth-order valence-electron chi connectivity index (χ4n) is 1.48. The molecule has 2 aromatic heterocycles. The molecule has 0 saturated carbocycles. The van der Waals surface area contributed by atoms with Crippen molar-refractivity contribution in [2.45, 2.75) is 6.18 Å². The highest BCUT2D eigenvalue weighted by atomic mass is 19.4. The summed E-state index contributed by atoms with van der Waals surface area (Å²) in [6, 6.07) is 0. The Kier molecular flexibility index (Phi) is 3.28. The number of ether oxygens (including phenoxy) is 1. The van der Waals surface area contributed by atoms with E-state index in [9.17, 15) is 13.2 Å². The van der Waals surface area contributed by atoms with Crippen LogP contribution in [0.25, 0.3) is 5.82 Å². The lowest BCUT2D eigenvalue weighted by Gasteiger charge is -2.10. The highest BCUT2D eigenvalue weighted by Crippen LogP contribution is 2.31. The molecule has 0 unspecified atom stereocenters.